The standard InChI is InChI=1S/C14H18N2O2S/c17-12-2-5-14(15-12)4-1-7-16(8-6-14)13(18)11-3-9-19-10-11/h3,9-10H,1-2,4-8H2,(H,15,17). The molecule has 1 aromatic rings. The summed E-state index contributed by atoms with van der Waals surface area (Å²) < 4.78 is 0. The Balaban J connectivity index is 1.68. The van der Waals surface area contributed by atoms with Crippen LogP contribution < -0.4 is 5.32 Å². The molecule has 1 unspecified atom stereocenters. The van der Waals surface area contributed by atoms with Crippen molar-refractivity contribution in [2.24, 2.45) is 0 Å². The number of likely N-dealkylation sites (tertiary alicyclic amines) is 1. The maximum atomic E-state index is 12.3. The second-order valence-electron chi connectivity index (χ2n) is 5.49. The molecule has 19 heavy (non-hydrogen) atoms. The molecule has 0 saturated carbocycles. The van der Waals surface area contributed by atoms with E-state index >= 15 is 0 Å². The molecule has 2 aliphatic rings. The highest BCUT2D eigenvalue weighted by Crippen LogP contribution is 2.31. The van der Waals surface area contributed by atoms with Gasteiger partial charge in [0.05, 0.1) is 5.56 Å². The third kappa shape index (κ3) is 2.52. The smallest absolute Gasteiger partial charge is 0.254 e. The maximum absolute atomic E-state index is 12.3. The first-order valence-corrected chi connectivity index (χ1v) is 7.75. The van der Waals surface area contributed by atoms with E-state index < -0.39 is 0 Å². The second-order valence-corrected chi connectivity index (χ2v) is 6.27. The van der Waals surface area contributed by atoms with Gasteiger partial charge in [0.15, 0.2) is 0 Å². The third-order valence-electron chi connectivity index (χ3n) is 4.23. The largest absolute Gasteiger partial charge is 0.351 e. The van der Waals surface area contributed by atoms with Gasteiger partial charge < -0.3 is 10.2 Å². The van der Waals surface area contributed by atoms with Gasteiger partial charge in [0.25, 0.3) is 5.91 Å². The SMILES string of the molecule is O=C1CCC2(CCCN(C(=O)c3ccsc3)CC2)N1. The van der Waals surface area contributed by atoms with Gasteiger partial charge in [-0.25, -0.2) is 0 Å². The van der Waals surface area contributed by atoms with Crippen LogP contribution >= 0.6 is 11.3 Å². The van der Waals surface area contributed by atoms with Gasteiger partial charge in [-0.2, -0.15) is 11.3 Å². The highest BCUT2D eigenvalue weighted by Gasteiger charge is 2.39. The molecule has 0 aliphatic carbocycles. The Kier molecular flexibility index (Phi) is 3.31. The summed E-state index contributed by atoms with van der Waals surface area (Å²) in [6, 6.07) is 1.88. The first-order valence-electron chi connectivity index (χ1n) is 6.81. The summed E-state index contributed by atoms with van der Waals surface area (Å²) in [6.07, 6.45) is 4.40. The molecule has 1 N–H and O–H groups in total. The van der Waals surface area contributed by atoms with Gasteiger partial charge in [-0.05, 0) is 37.1 Å². The maximum Gasteiger partial charge on any atom is 0.254 e. The van der Waals surface area contributed by atoms with Crippen molar-refractivity contribution in [3.63, 3.8) is 0 Å². The molecular weight excluding hydrogens is 260 g/mol. The van der Waals surface area contributed by atoms with E-state index in [1.165, 1.54) is 0 Å². The Hall–Kier alpha value is -1.36. The predicted octanol–water partition coefficient (Wildman–Crippen LogP) is 2.02. The van der Waals surface area contributed by atoms with E-state index in [-0.39, 0.29) is 17.4 Å². The van der Waals surface area contributed by atoms with Crippen molar-refractivity contribution in [2.45, 2.75) is 37.6 Å². The van der Waals surface area contributed by atoms with E-state index in [1.807, 2.05) is 21.7 Å². The van der Waals surface area contributed by atoms with Crippen molar-refractivity contribution in [2.75, 3.05) is 13.1 Å². The molecule has 2 saturated heterocycles. The molecule has 2 aliphatic heterocycles. The number of carbonyl (C=O) groups is 2. The minimum absolute atomic E-state index is 0.0409. The Bertz CT molecular complexity index is 486. The average molecular weight is 278 g/mol. The molecule has 1 atom stereocenters. The van der Waals surface area contributed by atoms with Crippen LogP contribution in [0, 0.1) is 0 Å². The van der Waals surface area contributed by atoms with E-state index in [9.17, 15) is 9.59 Å². The van der Waals surface area contributed by atoms with Crippen LogP contribution in [0.15, 0.2) is 16.8 Å². The fourth-order valence-corrected chi connectivity index (χ4v) is 3.74. The minimum atomic E-state index is -0.0409. The van der Waals surface area contributed by atoms with Gasteiger partial charge in [0.1, 0.15) is 0 Å². The Morgan fingerprint density at radius 2 is 2.21 bits per heavy atom. The van der Waals surface area contributed by atoms with Crippen molar-refractivity contribution in [1.82, 2.24) is 10.2 Å². The zero-order valence-corrected chi connectivity index (χ0v) is 11.7. The Morgan fingerprint density at radius 3 is 2.89 bits per heavy atom. The molecule has 0 bridgehead atoms. The lowest BCUT2D eigenvalue weighted by Gasteiger charge is -2.27. The van der Waals surface area contributed by atoms with Gasteiger partial charge >= 0.3 is 0 Å². The quantitative estimate of drug-likeness (QED) is 0.854. The fraction of sp³-hybridized carbons (Fsp3) is 0.571. The van der Waals surface area contributed by atoms with E-state index in [0.717, 1.165) is 44.3 Å². The Morgan fingerprint density at radius 1 is 1.32 bits per heavy atom. The normalized spacial score (nSPS) is 27.4. The topological polar surface area (TPSA) is 49.4 Å². The monoisotopic (exact) mass is 278 g/mol. The van der Waals surface area contributed by atoms with Gasteiger partial charge in [-0.15, -0.1) is 0 Å². The van der Waals surface area contributed by atoms with Crippen LogP contribution in [-0.2, 0) is 4.79 Å². The molecule has 2 amide bonds. The number of thiophene rings is 1. The zero-order valence-electron chi connectivity index (χ0n) is 10.9. The number of amides is 2. The van der Waals surface area contributed by atoms with Crippen LogP contribution in [0.25, 0.3) is 0 Å². The van der Waals surface area contributed by atoms with Gasteiger partial charge in [0.2, 0.25) is 5.91 Å². The first-order chi connectivity index (χ1) is 9.19. The minimum Gasteiger partial charge on any atom is -0.351 e. The summed E-state index contributed by atoms with van der Waals surface area (Å²) in [5.41, 5.74) is 0.747. The van der Waals surface area contributed by atoms with Crippen LogP contribution in [0.1, 0.15) is 42.5 Å². The van der Waals surface area contributed by atoms with Gasteiger partial charge in [0, 0.05) is 30.4 Å². The predicted molar refractivity (Wildman–Crippen MR) is 74.2 cm³/mol. The molecule has 102 valence electrons. The molecular formula is C14H18N2O2S. The van der Waals surface area contributed by atoms with Crippen molar-refractivity contribution in [1.29, 1.82) is 0 Å². The van der Waals surface area contributed by atoms with Gasteiger partial charge in [-0.1, -0.05) is 0 Å². The molecule has 3 rings (SSSR count). The van der Waals surface area contributed by atoms with E-state index in [4.69, 9.17) is 0 Å². The molecule has 0 radical (unpaired) electrons. The number of nitrogens with zero attached hydrogens (tertiary/aromatic N) is 1. The van der Waals surface area contributed by atoms with Crippen LogP contribution in [0.3, 0.4) is 0 Å². The lowest BCUT2D eigenvalue weighted by atomic mass is 9.89. The average Bonchev–Trinajstić information content (AvgIpc) is 2.98. The number of hydrogen-bond acceptors (Lipinski definition) is 3. The molecule has 0 aromatic carbocycles. The lowest BCUT2D eigenvalue weighted by molar-refractivity contribution is -0.119. The molecule has 1 aromatic heterocycles. The number of nitrogens with one attached hydrogen (secondary N) is 1. The van der Waals surface area contributed by atoms with Crippen molar-refractivity contribution < 1.29 is 9.59 Å². The fourth-order valence-electron chi connectivity index (χ4n) is 3.11. The molecule has 4 nitrogen and oxygen atoms in total. The first kappa shape index (κ1) is 12.7. The molecule has 1 spiro atoms. The highest BCUT2D eigenvalue weighted by molar-refractivity contribution is 7.08. The van der Waals surface area contributed by atoms with E-state index in [2.05, 4.69) is 5.32 Å². The lowest BCUT2D eigenvalue weighted by Crippen LogP contribution is -2.42. The number of rotatable bonds is 1. The van der Waals surface area contributed by atoms with Crippen LogP contribution in [0.4, 0.5) is 0 Å². The van der Waals surface area contributed by atoms with E-state index in [0.29, 0.717) is 6.42 Å². The van der Waals surface area contributed by atoms with Crippen LogP contribution in [-0.4, -0.2) is 35.3 Å². The second kappa shape index (κ2) is 4.96. The Labute approximate surface area is 116 Å². The summed E-state index contributed by atoms with van der Waals surface area (Å²) in [7, 11) is 0. The summed E-state index contributed by atoms with van der Waals surface area (Å²) in [4.78, 5) is 25.7. The molecule has 3 heterocycles. The number of carbonyl (C=O) groups excluding carboxylic acids is 2. The highest BCUT2D eigenvalue weighted by atomic mass is 32.1. The van der Waals surface area contributed by atoms with E-state index in [1.54, 1.807) is 11.3 Å². The van der Waals surface area contributed by atoms with Crippen molar-refractivity contribution >= 4 is 23.2 Å². The molecule has 5 heteroatoms. The zero-order chi connectivity index (χ0) is 13.3. The summed E-state index contributed by atoms with van der Waals surface area (Å²) in [6.45, 7) is 1.54. The molecule has 2 fully saturated rings. The number of hydrogen-bond donors (Lipinski definition) is 1. The van der Waals surface area contributed by atoms with Crippen LogP contribution in [0.2, 0.25) is 0 Å². The van der Waals surface area contributed by atoms with Crippen molar-refractivity contribution in [3.8, 4) is 0 Å². The summed E-state index contributed by atoms with van der Waals surface area (Å²) in [5, 5.41) is 6.97. The van der Waals surface area contributed by atoms with Gasteiger partial charge in [-0.3, -0.25) is 9.59 Å². The summed E-state index contributed by atoms with van der Waals surface area (Å²) >= 11 is 1.55. The van der Waals surface area contributed by atoms with Crippen molar-refractivity contribution in [3.05, 3.63) is 22.4 Å². The van der Waals surface area contributed by atoms with Crippen LogP contribution in [0.5, 0.6) is 0 Å². The summed E-state index contributed by atoms with van der Waals surface area (Å²) in [5.74, 6) is 0.292. The third-order valence-corrected chi connectivity index (χ3v) is 4.92.